The molecule has 2 atom stereocenters. The molecule has 1 aliphatic carbocycles. The molecule has 1 aromatic carbocycles. The highest BCUT2D eigenvalue weighted by Gasteiger charge is 2.37. The van der Waals surface area contributed by atoms with Gasteiger partial charge >= 0.3 is 0 Å². The van der Waals surface area contributed by atoms with Gasteiger partial charge in [-0.15, -0.1) is 0 Å². The van der Waals surface area contributed by atoms with Crippen molar-refractivity contribution in [3.05, 3.63) is 35.9 Å². The lowest BCUT2D eigenvalue weighted by Gasteiger charge is -2.30. The third kappa shape index (κ3) is 2.99. The molecule has 0 radical (unpaired) electrons. The Balaban J connectivity index is 1.81. The first-order valence-corrected chi connectivity index (χ1v) is 7.20. The largest absolute Gasteiger partial charge is 0.348 e. The van der Waals surface area contributed by atoms with Crippen molar-refractivity contribution < 1.29 is 14.5 Å². The molecule has 0 bridgehead atoms. The Morgan fingerprint density at radius 3 is 2.70 bits per heavy atom. The second-order valence-electron chi connectivity index (χ2n) is 5.56. The minimum absolute atomic E-state index is 0.0198. The number of hydrogen-bond acceptors (Lipinski definition) is 2. The zero-order chi connectivity index (χ0) is 13.9. The van der Waals surface area contributed by atoms with Gasteiger partial charge in [-0.25, -0.2) is 0 Å². The van der Waals surface area contributed by atoms with Crippen molar-refractivity contribution in [2.45, 2.75) is 24.9 Å². The molecule has 1 saturated carbocycles. The first kappa shape index (κ1) is 13.1. The molecule has 3 N–H and O–H groups in total. The molecule has 106 valence electrons. The third-order valence-corrected chi connectivity index (χ3v) is 3.88. The van der Waals surface area contributed by atoms with E-state index in [2.05, 4.69) is 10.6 Å². The third-order valence-electron chi connectivity index (χ3n) is 3.88. The Morgan fingerprint density at radius 2 is 2.05 bits per heavy atom. The van der Waals surface area contributed by atoms with Crippen LogP contribution in [-0.2, 0) is 9.59 Å². The van der Waals surface area contributed by atoms with E-state index in [4.69, 9.17) is 0 Å². The van der Waals surface area contributed by atoms with Crippen LogP contribution >= 0.6 is 0 Å². The number of rotatable bonds is 4. The lowest BCUT2D eigenvalue weighted by Crippen LogP contribution is -3.16. The maximum atomic E-state index is 12.5. The monoisotopic (exact) mass is 274 g/mol. The van der Waals surface area contributed by atoms with Crippen molar-refractivity contribution in [2.75, 3.05) is 19.6 Å². The van der Waals surface area contributed by atoms with E-state index in [0.717, 1.165) is 29.8 Å². The molecule has 2 amide bonds. The number of hydrogen-bond donors (Lipinski definition) is 3. The number of amides is 2. The quantitative estimate of drug-likeness (QED) is 0.661. The Morgan fingerprint density at radius 1 is 1.30 bits per heavy atom. The number of nitrogens with one attached hydrogen (secondary N) is 3. The van der Waals surface area contributed by atoms with E-state index in [9.17, 15) is 9.59 Å². The predicted octanol–water partition coefficient (Wildman–Crippen LogP) is -0.979. The first-order valence-electron chi connectivity index (χ1n) is 7.20. The van der Waals surface area contributed by atoms with E-state index in [1.54, 1.807) is 0 Å². The number of quaternary nitrogens is 1. The van der Waals surface area contributed by atoms with E-state index in [1.807, 2.05) is 30.3 Å². The standard InChI is InChI=1S/C15H19N3O2/c19-13-10-18(9-8-16-13)14(11-4-2-1-3-5-11)15(20)17-12-6-7-12/h1-5,12,14H,6-10H2,(H,16,19)(H,17,20)/p+1/t14-/m0/s1. The Kier molecular flexibility index (Phi) is 3.69. The Hall–Kier alpha value is -1.88. The van der Waals surface area contributed by atoms with Gasteiger partial charge in [-0.2, -0.15) is 0 Å². The summed E-state index contributed by atoms with van der Waals surface area (Å²) >= 11 is 0. The van der Waals surface area contributed by atoms with Crippen molar-refractivity contribution in [1.82, 2.24) is 10.6 Å². The van der Waals surface area contributed by atoms with E-state index >= 15 is 0 Å². The lowest BCUT2D eigenvalue weighted by molar-refractivity contribution is -0.915. The van der Waals surface area contributed by atoms with Crippen molar-refractivity contribution >= 4 is 11.8 Å². The Labute approximate surface area is 118 Å². The van der Waals surface area contributed by atoms with Gasteiger partial charge in [-0.1, -0.05) is 30.3 Å². The minimum atomic E-state index is -0.289. The fourth-order valence-corrected chi connectivity index (χ4v) is 2.70. The van der Waals surface area contributed by atoms with Crippen LogP contribution < -0.4 is 15.5 Å². The molecule has 0 spiro atoms. The molecule has 3 rings (SSSR count). The minimum Gasteiger partial charge on any atom is -0.348 e. The zero-order valence-corrected chi connectivity index (χ0v) is 11.4. The van der Waals surface area contributed by atoms with Gasteiger partial charge in [0.1, 0.15) is 0 Å². The van der Waals surface area contributed by atoms with Gasteiger partial charge in [0.15, 0.2) is 12.6 Å². The second-order valence-corrected chi connectivity index (χ2v) is 5.56. The number of carbonyl (C=O) groups is 2. The molecule has 1 saturated heterocycles. The van der Waals surface area contributed by atoms with Crippen molar-refractivity contribution in [3.63, 3.8) is 0 Å². The van der Waals surface area contributed by atoms with Crippen LogP contribution in [0.2, 0.25) is 0 Å². The number of carbonyl (C=O) groups excluding carboxylic acids is 2. The van der Waals surface area contributed by atoms with E-state index < -0.39 is 0 Å². The van der Waals surface area contributed by atoms with Gasteiger partial charge in [0, 0.05) is 11.6 Å². The van der Waals surface area contributed by atoms with Gasteiger partial charge in [0.2, 0.25) is 0 Å². The normalized spacial score (nSPS) is 23.8. The molecule has 2 fully saturated rings. The molecule has 5 heteroatoms. The lowest BCUT2D eigenvalue weighted by atomic mass is 10.0. The summed E-state index contributed by atoms with van der Waals surface area (Å²) in [6.07, 6.45) is 2.14. The summed E-state index contributed by atoms with van der Waals surface area (Å²) in [6, 6.07) is 9.81. The SMILES string of the molecule is O=C1C[NH+]([C@H](C(=O)NC2CC2)c2ccccc2)CCN1. The highest BCUT2D eigenvalue weighted by Crippen LogP contribution is 2.20. The number of benzene rings is 1. The van der Waals surface area contributed by atoms with Crippen LogP contribution in [0.5, 0.6) is 0 Å². The van der Waals surface area contributed by atoms with Crippen LogP contribution in [0.4, 0.5) is 0 Å². The highest BCUT2D eigenvalue weighted by atomic mass is 16.2. The first-order chi connectivity index (χ1) is 9.74. The van der Waals surface area contributed by atoms with E-state index in [-0.39, 0.29) is 17.9 Å². The van der Waals surface area contributed by atoms with E-state index in [1.165, 1.54) is 0 Å². The predicted molar refractivity (Wildman–Crippen MR) is 74.1 cm³/mol. The summed E-state index contributed by atoms with van der Waals surface area (Å²) in [6.45, 7) is 1.77. The maximum Gasteiger partial charge on any atom is 0.283 e. The number of piperazine rings is 1. The van der Waals surface area contributed by atoms with Gasteiger partial charge in [-0.05, 0) is 12.8 Å². The molecule has 1 aromatic rings. The smallest absolute Gasteiger partial charge is 0.283 e. The van der Waals surface area contributed by atoms with Crippen LogP contribution in [0.1, 0.15) is 24.4 Å². The van der Waals surface area contributed by atoms with Crippen LogP contribution in [0.3, 0.4) is 0 Å². The molecule has 5 nitrogen and oxygen atoms in total. The summed E-state index contributed by atoms with van der Waals surface area (Å²) in [7, 11) is 0. The Bertz CT molecular complexity index is 499. The van der Waals surface area contributed by atoms with Gasteiger partial charge in [-0.3, -0.25) is 9.59 Å². The molecular weight excluding hydrogens is 254 g/mol. The molecule has 1 aliphatic heterocycles. The fourth-order valence-electron chi connectivity index (χ4n) is 2.70. The van der Waals surface area contributed by atoms with Crippen molar-refractivity contribution in [2.24, 2.45) is 0 Å². The summed E-state index contributed by atoms with van der Waals surface area (Å²) in [5.74, 6) is 0.0646. The van der Waals surface area contributed by atoms with Gasteiger partial charge < -0.3 is 15.5 Å². The maximum absolute atomic E-state index is 12.5. The van der Waals surface area contributed by atoms with Gasteiger partial charge in [0.05, 0.1) is 13.1 Å². The average Bonchev–Trinajstić information content (AvgIpc) is 3.24. The van der Waals surface area contributed by atoms with Crippen molar-refractivity contribution in [1.29, 1.82) is 0 Å². The second kappa shape index (κ2) is 5.63. The van der Waals surface area contributed by atoms with E-state index in [0.29, 0.717) is 19.1 Å². The summed E-state index contributed by atoms with van der Waals surface area (Å²) in [4.78, 5) is 25.2. The molecule has 1 heterocycles. The zero-order valence-electron chi connectivity index (χ0n) is 11.4. The van der Waals surface area contributed by atoms with Crippen LogP contribution in [0, 0.1) is 0 Å². The molecule has 2 aliphatic rings. The van der Waals surface area contributed by atoms with Crippen LogP contribution in [0.15, 0.2) is 30.3 Å². The molecular formula is C15H20N3O2+. The summed E-state index contributed by atoms with van der Waals surface area (Å²) in [5.41, 5.74) is 0.982. The van der Waals surface area contributed by atoms with Crippen LogP contribution in [-0.4, -0.2) is 37.5 Å². The molecule has 0 aromatic heterocycles. The molecule has 20 heavy (non-hydrogen) atoms. The van der Waals surface area contributed by atoms with Gasteiger partial charge in [0.25, 0.3) is 11.8 Å². The van der Waals surface area contributed by atoms with Crippen LogP contribution in [0.25, 0.3) is 0 Å². The summed E-state index contributed by atoms with van der Waals surface area (Å²) in [5, 5.41) is 5.89. The molecule has 1 unspecified atom stereocenters. The fraction of sp³-hybridized carbons (Fsp3) is 0.467. The topological polar surface area (TPSA) is 62.6 Å². The highest BCUT2D eigenvalue weighted by molar-refractivity contribution is 5.83. The van der Waals surface area contributed by atoms with Crippen molar-refractivity contribution in [3.8, 4) is 0 Å². The summed E-state index contributed by atoms with van der Waals surface area (Å²) < 4.78 is 0. The average molecular weight is 274 g/mol.